The number of aryl methyl sites for hydroxylation is 1. The van der Waals surface area contributed by atoms with Crippen molar-refractivity contribution in [3.63, 3.8) is 0 Å². The summed E-state index contributed by atoms with van der Waals surface area (Å²) in [4.78, 5) is 26.5. The summed E-state index contributed by atoms with van der Waals surface area (Å²) in [5, 5.41) is 17.1. The van der Waals surface area contributed by atoms with E-state index in [0.717, 1.165) is 24.8 Å². The highest BCUT2D eigenvalue weighted by molar-refractivity contribution is 5.84. The highest BCUT2D eigenvalue weighted by Gasteiger charge is 2.24. The van der Waals surface area contributed by atoms with Crippen molar-refractivity contribution in [1.82, 2.24) is 15.5 Å². The minimum absolute atomic E-state index is 0.0986. The van der Waals surface area contributed by atoms with E-state index in [9.17, 15) is 19.1 Å². The second-order valence-electron chi connectivity index (χ2n) is 9.45. The van der Waals surface area contributed by atoms with Crippen LogP contribution in [0.15, 0.2) is 42.5 Å². The molecule has 2 aromatic rings. The van der Waals surface area contributed by atoms with Gasteiger partial charge < -0.3 is 25.4 Å². The molecule has 1 aliphatic rings. The Morgan fingerprint density at radius 3 is 2.78 bits per heavy atom. The van der Waals surface area contributed by atoms with Crippen molar-refractivity contribution in [2.75, 3.05) is 26.7 Å². The third-order valence-electron chi connectivity index (χ3n) is 6.39. The average molecular weight is 500 g/mol. The fourth-order valence-corrected chi connectivity index (χ4v) is 4.32. The quantitative estimate of drug-likeness (QED) is 0.569. The Kier molecular flexibility index (Phi) is 10.7. The first-order chi connectivity index (χ1) is 17.3. The van der Waals surface area contributed by atoms with Crippen LogP contribution >= 0.6 is 0 Å². The molecule has 2 aromatic carbocycles. The maximum Gasteiger partial charge on any atom is 0.239 e. The van der Waals surface area contributed by atoms with Gasteiger partial charge in [0.15, 0.2) is 0 Å². The van der Waals surface area contributed by atoms with E-state index in [1.165, 1.54) is 22.6 Å². The summed E-state index contributed by atoms with van der Waals surface area (Å²) in [7, 11) is 1.60. The van der Waals surface area contributed by atoms with Gasteiger partial charge in [-0.1, -0.05) is 31.2 Å². The third-order valence-corrected chi connectivity index (χ3v) is 6.39. The molecule has 0 radical (unpaired) electrons. The van der Waals surface area contributed by atoms with E-state index in [0.29, 0.717) is 37.3 Å². The molecule has 0 saturated carbocycles. The summed E-state index contributed by atoms with van der Waals surface area (Å²) in [6.45, 7) is 3.23. The number of hydrogen-bond acceptors (Lipinski definition) is 5. The highest BCUT2D eigenvalue weighted by atomic mass is 19.1. The topological polar surface area (TPSA) is 90.9 Å². The van der Waals surface area contributed by atoms with Gasteiger partial charge in [-0.15, -0.1) is 0 Å². The van der Waals surface area contributed by atoms with Gasteiger partial charge in [-0.05, 0) is 60.9 Å². The number of nitrogens with zero attached hydrogens (tertiary/aromatic N) is 1. The highest BCUT2D eigenvalue weighted by Crippen LogP contribution is 2.19. The molecule has 7 nitrogen and oxygen atoms in total. The fraction of sp³-hybridized carbons (Fsp3) is 0.500. The Balaban J connectivity index is 1.72. The molecule has 2 bridgehead atoms. The van der Waals surface area contributed by atoms with Crippen LogP contribution in [0.5, 0.6) is 5.75 Å². The van der Waals surface area contributed by atoms with Gasteiger partial charge in [0, 0.05) is 32.6 Å². The molecule has 0 unspecified atom stereocenters. The number of fused-ring (bicyclic) bond motifs is 2. The first kappa shape index (κ1) is 27.6. The van der Waals surface area contributed by atoms with Crippen molar-refractivity contribution < 1.29 is 23.8 Å². The standard InChI is InChI=1S/C28H38FN3O4/c1-3-20-8-7-9-21(12-20)17-30-18-26(33)25-15-22-13-23(29)16-24(14-22)36-11-6-4-5-10-28(35)32(2)19-27(34)31-25/h7-9,12-14,16,25-26,30,33H,3-6,10-11,15,17-19H2,1-2H3,(H,31,34)/t25-,26+/m0/s1. The van der Waals surface area contributed by atoms with E-state index in [2.05, 4.69) is 29.7 Å². The van der Waals surface area contributed by atoms with E-state index < -0.39 is 18.0 Å². The van der Waals surface area contributed by atoms with Crippen LogP contribution in [0.25, 0.3) is 0 Å². The minimum atomic E-state index is -0.934. The molecule has 8 heteroatoms. The number of aliphatic hydroxyl groups is 1. The molecule has 1 heterocycles. The van der Waals surface area contributed by atoms with E-state index in [1.807, 2.05) is 12.1 Å². The van der Waals surface area contributed by atoms with Crippen molar-refractivity contribution in [3.8, 4) is 5.75 Å². The van der Waals surface area contributed by atoms with Crippen LogP contribution < -0.4 is 15.4 Å². The zero-order valence-electron chi connectivity index (χ0n) is 21.3. The summed E-state index contributed by atoms with van der Waals surface area (Å²) < 4.78 is 20.0. The lowest BCUT2D eigenvalue weighted by Crippen LogP contribution is -2.51. The van der Waals surface area contributed by atoms with Crippen LogP contribution in [-0.4, -0.2) is 60.7 Å². The molecular formula is C28H38FN3O4. The number of rotatable bonds is 6. The summed E-state index contributed by atoms with van der Waals surface area (Å²) in [6.07, 6.45) is 2.82. The molecule has 3 N–H and O–H groups in total. The lowest BCUT2D eigenvalue weighted by atomic mass is 10.00. The lowest BCUT2D eigenvalue weighted by molar-refractivity contribution is -0.135. The second-order valence-corrected chi connectivity index (χ2v) is 9.45. The fourth-order valence-electron chi connectivity index (χ4n) is 4.32. The van der Waals surface area contributed by atoms with Gasteiger partial charge in [-0.2, -0.15) is 0 Å². The third kappa shape index (κ3) is 8.91. The molecule has 3 rings (SSSR count). The van der Waals surface area contributed by atoms with Crippen LogP contribution in [0.4, 0.5) is 4.39 Å². The molecule has 36 heavy (non-hydrogen) atoms. The summed E-state index contributed by atoms with van der Waals surface area (Å²) in [5.74, 6) is -0.479. The molecule has 0 fully saturated rings. The second kappa shape index (κ2) is 13.9. The van der Waals surface area contributed by atoms with Crippen molar-refractivity contribution in [2.45, 2.75) is 64.1 Å². The predicted molar refractivity (Wildman–Crippen MR) is 137 cm³/mol. The van der Waals surface area contributed by atoms with Gasteiger partial charge in [0.1, 0.15) is 11.6 Å². The van der Waals surface area contributed by atoms with E-state index >= 15 is 0 Å². The number of nitrogens with one attached hydrogen (secondary N) is 2. The molecule has 196 valence electrons. The number of carbonyl (C=O) groups excluding carboxylic acids is 2. The molecule has 2 amide bonds. The van der Waals surface area contributed by atoms with Gasteiger partial charge in [0.2, 0.25) is 11.8 Å². The molecule has 1 aliphatic heterocycles. The van der Waals surface area contributed by atoms with Crippen molar-refractivity contribution >= 4 is 11.8 Å². The average Bonchev–Trinajstić information content (AvgIpc) is 2.84. The number of amides is 2. The monoisotopic (exact) mass is 499 g/mol. The summed E-state index contributed by atoms with van der Waals surface area (Å²) in [6, 6.07) is 12.0. The minimum Gasteiger partial charge on any atom is -0.493 e. The lowest BCUT2D eigenvalue weighted by Gasteiger charge is -2.26. The maximum atomic E-state index is 14.3. The smallest absolute Gasteiger partial charge is 0.239 e. The molecule has 0 aliphatic carbocycles. The van der Waals surface area contributed by atoms with Gasteiger partial charge in [-0.25, -0.2) is 4.39 Å². The predicted octanol–water partition coefficient (Wildman–Crippen LogP) is 2.98. The Bertz CT molecular complexity index is 1020. The Labute approximate surface area is 213 Å². The SMILES string of the molecule is CCc1cccc(CNC[C@@H](O)[C@@H]2Cc3cc(F)cc(c3)OCCCCCC(=O)N(C)CC(=O)N2)c1. The molecule has 0 saturated heterocycles. The number of likely N-dealkylation sites (N-methyl/N-ethyl adjacent to an activating group) is 1. The summed E-state index contributed by atoms with van der Waals surface area (Å²) >= 11 is 0. The number of carbonyl (C=O) groups is 2. The Morgan fingerprint density at radius 1 is 1.17 bits per heavy atom. The molecule has 2 atom stereocenters. The molecule has 0 aromatic heterocycles. The van der Waals surface area contributed by atoms with Crippen LogP contribution in [0, 0.1) is 5.82 Å². The summed E-state index contributed by atoms with van der Waals surface area (Å²) in [5.41, 5.74) is 2.96. The van der Waals surface area contributed by atoms with E-state index in [4.69, 9.17) is 4.74 Å². The largest absolute Gasteiger partial charge is 0.493 e. The van der Waals surface area contributed by atoms with Crippen molar-refractivity contribution in [1.29, 1.82) is 0 Å². The first-order valence-corrected chi connectivity index (χ1v) is 12.8. The van der Waals surface area contributed by atoms with Crippen LogP contribution in [-0.2, 0) is 29.0 Å². The van der Waals surface area contributed by atoms with Gasteiger partial charge in [-0.3, -0.25) is 9.59 Å². The zero-order valence-corrected chi connectivity index (χ0v) is 21.3. The first-order valence-electron chi connectivity index (χ1n) is 12.8. The number of benzene rings is 2. The van der Waals surface area contributed by atoms with E-state index in [-0.39, 0.29) is 31.3 Å². The van der Waals surface area contributed by atoms with Gasteiger partial charge in [0.05, 0.1) is 25.3 Å². The number of halogens is 1. The number of hydrogen-bond donors (Lipinski definition) is 3. The van der Waals surface area contributed by atoms with Crippen LogP contribution in [0.2, 0.25) is 0 Å². The van der Waals surface area contributed by atoms with E-state index in [1.54, 1.807) is 13.1 Å². The Hall–Kier alpha value is -2.97. The van der Waals surface area contributed by atoms with Gasteiger partial charge >= 0.3 is 0 Å². The normalized spacial score (nSPS) is 18.9. The maximum absolute atomic E-state index is 14.3. The number of aliphatic hydroxyl groups excluding tert-OH is 1. The molecule has 0 spiro atoms. The Morgan fingerprint density at radius 2 is 1.97 bits per heavy atom. The van der Waals surface area contributed by atoms with Crippen LogP contribution in [0.1, 0.15) is 49.3 Å². The van der Waals surface area contributed by atoms with Crippen molar-refractivity contribution in [3.05, 3.63) is 65.0 Å². The molecular weight excluding hydrogens is 461 g/mol. The van der Waals surface area contributed by atoms with Crippen LogP contribution in [0.3, 0.4) is 0 Å². The zero-order chi connectivity index (χ0) is 25.9. The number of ether oxygens (including phenoxy) is 1. The van der Waals surface area contributed by atoms with Crippen molar-refractivity contribution in [2.24, 2.45) is 0 Å². The van der Waals surface area contributed by atoms with Gasteiger partial charge in [0.25, 0.3) is 0 Å².